The highest BCUT2D eigenvalue weighted by Gasteiger charge is 2.41. The lowest BCUT2D eigenvalue weighted by Gasteiger charge is -2.10. The van der Waals surface area contributed by atoms with Crippen LogP contribution in [0.4, 0.5) is 8.78 Å². The van der Waals surface area contributed by atoms with Crippen LogP contribution in [0.15, 0.2) is 5.16 Å². The van der Waals surface area contributed by atoms with Crippen molar-refractivity contribution < 1.29 is 18.7 Å². The number of halogens is 2. The van der Waals surface area contributed by atoms with Gasteiger partial charge < -0.3 is 9.67 Å². The number of carboxylic acids is 1. The Kier molecular flexibility index (Phi) is 3.56. The molecule has 0 saturated heterocycles. The van der Waals surface area contributed by atoms with E-state index in [4.69, 9.17) is 5.11 Å². The minimum Gasteiger partial charge on any atom is -0.481 e. The molecule has 1 saturated carbocycles. The van der Waals surface area contributed by atoms with Gasteiger partial charge in [-0.25, -0.2) is 8.78 Å². The second-order valence-electron chi connectivity index (χ2n) is 4.38. The molecule has 100 valence electrons. The van der Waals surface area contributed by atoms with E-state index in [9.17, 15) is 13.6 Å². The van der Waals surface area contributed by atoms with E-state index in [1.165, 1.54) is 0 Å². The van der Waals surface area contributed by atoms with Gasteiger partial charge in [0.15, 0.2) is 5.16 Å². The molecule has 1 N–H and O–H groups in total. The first-order chi connectivity index (χ1) is 8.39. The molecule has 0 radical (unpaired) electrons. The van der Waals surface area contributed by atoms with E-state index >= 15 is 0 Å². The molecule has 0 bridgehead atoms. The second kappa shape index (κ2) is 4.83. The number of carbonyl (C=O) groups is 1. The molecule has 0 spiro atoms. The highest BCUT2D eigenvalue weighted by atomic mass is 32.2. The van der Waals surface area contributed by atoms with E-state index in [1.54, 1.807) is 11.6 Å². The fraction of sp³-hybridized carbons (Fsp3) is 0.700. The Bertz CT molecular complexity index is 464. The molecule has 1 aromatic heterocycles. The summed E-state index contributed by atoms with van der Waals surface area (Å²) < 4.78 is 27.9. The topological polar surface area (TPSA) is 68.0 Å². The molecule has 1 aliphatic carbocycles. The molecular formula is C10H13F2N3O2S. The number of rotatable bonds is 4. The Morgan fingerprint density at radius 3 is 2.89 bits per heavy atom. The van der Waals surface area contributed by atoms with Gasteiger partial charge in [-0.1, -0.05) is 11.8 Å². The average molecular weight is 277 g/mol. The molecule has 1 unspecified atom stereocenters. The van der Waals surface area contributed by atoms with E-state index in [0.29, 0.717) is 17.4 Å². The smallest absolute Gasteiger partial charge is 0.313 e. The SMILES string of the molecule is Cn1c(SCC(=O)O)nnc1C1CCC(F)(F)C1. The number of hydrogen-bond acceptors (Lipinski definition) is 4. The summed E-state index contributed by atoms with van der Waals surface area (Å²) in [6, 6.07) is 0. The van der Waals surface area contributed by atoms with Crippen LogP contribution in [0.5, 0.6) is 0 Å². The maximum Gasteiger partial charge on any atom is 0.313 e. The predicted octanol–water partition coefficient (Wildman–Crippen LogP) is 1.89. The van der Waals surface area contributed by atoms with Gasteiger partial charge in [0.2, 0.25) is 5.92 Å². The Labute approximate surface area is 107 Å². The van der Waals surface area contributed by atoms with Crippen LogP contribution in [0, 0.1) is 0 Å². The summed E-state index contributed by atoms with van der Waals surface area (Å²) in [5.74, 6) is -3.47. The molecule has 1 aromatic rings. The predicted molar refractivity (Wildman–Crippen MR) is 60.9 cm³/mol. The van der Waals surface area contributed by atoms with E-state index in [2.05, 4.69) is 10.2 Å². The van der Waals surface area contributed by atoms with Crippen molar-refractivity contribution in [2.24, 2.45) is 7.05 Å². The number of nitrogens with zero attached hydrogens (tertiary/aromatic N) is 3. The highest BCUT2D eigenvalue weighted by Crippen LogP contribution is 2.43. The van der Waals surface area contributed by atoms with Crippen molar-refractivity contribution in [2.45, 2.75) is 36.3 Å². The van der Waals surface area contributed by atoms with Crippen LogP contribution >= 0.6 is 11.8 Å². The summed E-state index contributed by atoms with van der Waals surface area (Å²) in [4.78, 5) is 10.5. The quantitative estimate of drug-likeness (QED) is 0.851. The van der Waals surface area contributed by atoms with Gasteiger partial charge in [0, 0.05) is 25.8 Å². The third-order valence-electron chi connectivity index (χ3n) is 2.96. The summed E-state index contributed by atoms with van der Waals surface area (Å²) in [5, 5.41) is 16.8. The molecule has 1 fully saturated rings. The average Bonchev–Trinajstić information content (AvgIpc) is 2.79. The lowest BCUT2D eigenvalue weighted by atomic mass is 10.1. The first-order valence-electron chi connectivity index (χ1n) is 5.51. The number of aromatic nitrogens is 3. The van der Waals surface area contributed by atoms with Crippen LogP contribution in [0.1, 0.15) is 31.0 Å². The van der Waals surface area contributed by atoms with Crippen LogP contribution in [0.25, 0.3) is 0 Å². The largest absolute Gasteiger partial charge is 0.481 e. The van der Waals surface area contributed by atoms with Crippen molar-refractivity contribution in [3.63, 3.8) is 0 Å². The van der Waals surface area contributed by atoms with Gasteiger partial charge in [-0.05, 0) is 6.42 Å². The lowest BCUT2D eigenvalue weighted by molar-refractivity contribution is -0.133. The molecule has 0 amide bonds. The third kappa shape index (κ3) is 2.80. The fourth-order valence-electron chi connectivity index (χ4n) is 2.10. The summed E-state index contributed by atoms with van der Waals surface area (Å²) in [7, 11) is 1.68. The van der Waals surface area contributed by atoms with Gasteiger partial charge in [0.1, 0.15) is 5.82 Å². The normalized spacial score (nSPS) is 22.3. The summed E-state index contributed by atoms with van der Waals surface area (Å²) in [5.41, 5.74) is 0. The van der Waals surface area contributed by atoms with Crippen LogP contribution < -0.4 is 0 Å². The Balaban J connectivity index is 2.09. The van der Waals surface area contributed by atoms with E-state index in [1.807, 2.05) is 0 Å². The van der Waals surface area contributed by atoms with Gasteiger partial charge in [0.25, 0.3) is 0 Å². The van der Waals surface area contributed by atoms with Crippen molar-refractivity contribution in [1.82, 2.24) is 14.8 Å². The van der Waals surface area contributed by atoms with Gasteiger partial charge in [-0.3, -0.25) is 4.79 Å². The summed E-state index contributed by atoms with van der Waals surface area (Å²) in [6.45, 7) is 0. The minimum absolute atomic E-state index is 0.118. The second-order valence-corrected chi connectivity index (χ2v) is 5.32. The van der Waals surface area contributed by atoms with Gasteiger partial charge >= 0.3 is 5.97 Å². The molecule has 8 heteroatoms. The Morgan fingerprint density at radius 2 is 2.33 bits per heavy atom. The number of carboxylic acid groups (broad SMARTS) is 1. The van der Waals surface area contributed by atoms with Crippen molar-refractivity contribution in [1.29, 1.82) is 0 Å². The van der Waals surface area contributed by atoms with E-state index < -0.39 is 11.9 Å². The number of aliphatic carboxylic acids is 1. The molecule has 1 heterocycles. The van der Waals surface area contributed by atoms with Gasteiger partial charge in [-0.2, -0.15) is 0 Å². The molecular weight excluding hydrogens is 264 g/mol. The van der Waals surface area contributed by atoms with Crippen molar-refractivity contribution in [3.8, 4) is 0 Å². The van der Waals surface area contributed by atoms with Crippen LogP contribution in [0.3, 0.4) is 0 Å². The van der Waals surface area contributed by atoms with E-state index in [-0.39, 0.29) is 24.5 Å². The van der Waals surface area contributed by atoms with E-state index in [0.717, 1.165) is 11.8 Å². The van der Waals surface area contributed by atoms with Crippen molar-refractivity contribution >= 4 is 17.7 Å². The number of hydrogen-bond donors (Lipinski definition) is 1. The maximum absolute atomic E-state index is 13.1. The molecule has 1 atom stereocenters. The first kappa shape index (κ1) is 13.3. The molecule has 0 aromatic carbocycles. The summed E-state index contributed by atoms with van der Waals surface area (Å²) in [6.07, 6.45) is 0.0628. The molecule has 0 aliphatic heterocycles. The minimum atomic E-state index is -2.62. The highest BCUT2D eigenvalue weighted by molar-refractivity contribution is 7.99. The standard InChI is InChI=1S/C10H13F2N3O2S/c1-15-8(6-2-3-10(11,12)4-6)13-14-9(15)18-5-7(16)17/h6H,2-5H2,1H3,(H,16,17). The zero-order valence-corrected chi connectivity index (χ0v) is 10.6. The molecule has 1 aliphatic rings. The molecule has 5 nitrogen and oxygen atoms in total. The number of thioether (sulfide) groups is 1. The third-order valence-corrected chi connectivity index (χ3v) is 3.97. The maximum atomic E-state index is 13.1. The number of alkyl halides is 2. The zero-order chi connectivity index (χ0) is 13.3. The molecule has 18 heavy (non-hydrogen) atoms. The van der Waals surface area contributed by atoms with Crippen molar-refractivity contribution in [2.75, 3.05) is 5.75 Å². The van der Waals surface area contributed by atoms with Gasteiger partial charge in [-0.15, -0.1) is 10.2 Å². The Hall–Kier alpha value is -1.18. The Morgan fingerprint density at radius 1 is 1.61 bits per heavy atom. The monoisotopic (exact) mass is 277 g/mol. The van der Waals surface area contributed by atoms with Gasteiger partial charge in [0.05, 0.1) is 5.75 Å². The first-order valence-corrected chi connectivity index (χ1v) is 6.49. The zero-order valence-electron chi connectivity index (χ0n) is 9.77. The summed E-state index contributed by atoms with van der Waals surface area (Å²) >= 11 is 1.04. The van der Waals surface area contributed by atoms with Crippen LogP contribution in [-0.4, -0.2) is 37.5 Å². The van der Waals surface area contributed by atoms with Crippen LogP contribution in [0.2, 0.25) is 0 Å². The fourth-order valence-corrected chi connectivity index (χ4v) is 2.74. The molecule has 2 rings (SSSR count). The van der Waals surface area contributed by atoms with Crippen molar-refractivity contribution in [3.05, 3.63) is 5.82 Å². The lowest BCUT2D eigenvalue weighted by Crippen LogP contribution is -2.11. The van der Waals surface area contributed by atoms with Crippen LogP contribution in [-0.2, 0) is 11.8 Å².